The molecule has 0 aliphatic heterocycles. The van der Waals surface area contributed by atoms with Crippen LogP contribution in [0, 0.1) is 13.8 Å². The van der Waals surface area contributed by atoms with Crippen molar-refractivity contribution < 1.29 is 9.59 Å². The summed E-state index contributed by atoms with van der Waals surface area (Å²) in [4.78, 5) is 28.9. The maximum atomic E-state index is 12.0. The second-order valence-corrected chi connectivity index (χ2v) is 7.08. The molecule has 0 fully saturated rings. The Balaban J connectivity index is 1.44. The number of nitrogens with zero attached hydrogens (tertiary/aromatic N) is 3. The standard InChI is InChI=1S/C19H21N5O2S/c1-13-11-14(2)24(23-13)17-8-7-15(12-21-17)22-18(25)6-3-9-20-19(26)16-5-4-10-27-16/h4-5,7-8,10-12H,3,6,9H2,1-2H3,(H,20,26)(H,22,25). The number of aryl methyl sites for hydroxylation is 2. The van der Waals surface area contributed by atoms with Gasteiger partial charge in [-0.3, -0.25) is 9.59 Å². The number of carbonyl (C=O) groups excluding carboxylic acids is 2. The topological polar surface area (TPSA) is 88.9 Å². The minimum absolute atomic E-state index is 0.102. The van der Waals surface area contributed by atoms with E-state index in [1.54, 1.807) is 23.0 Å². The Bertz CT molecular complexity index is 916. The van der Waals surface area contributed by atoms with Gasteiger partial charge in [0.25, 0.3) is 5.91 Å². The molecule has 2 amide bonds. The van der Waals surface area contributed by atoms with Crippen LogP contribution in [0.4, 0.5) is 5.69 Å². The third-order valence-corrected chi connectivity index (χ3v) is 4.74. The monoisotopic (exact) mass is 383 g/mol. The predicted molar refractivity (Wildman–Crippen MR) is 105 cm³/mol. The van der Waals surface area contributed by atoms with Crippen molar-refractivity contribution in [2.24, 2.45) is 0 Å². The van der Waals surface area contributed by atoms with Gasteiger partial charge in [0, 0.05) is 18.7 Å². The van der Waals surface area contributed by atoms with Crippen LogP contribution >= 0.6 is 11.3 Å². The Morgan fingerprint density at radius 2 is 2.07 bits per heavy atom. The van der Waals surface area contributed by atoms with Crippen molar-refractivity contribution in [2.75, 3.05) is 11.9 Å². The van der Waals surface area contributed by atoms with E-state index in [0.29, 0.717) is 35.8 Å². The highest BCUT2D eigenvalue weighted by atomic mass is 32.1. The lowest BCUT2D eigenvalue weighted by Crippen LogP contribution is -2.24. The van der Waals surface area contributed by atoms with Gasteiger partial charge in [0.2, 0.25) is 5.91 Å². The van der Waals surface area contributed by atoms with Gasteiger partial charge in [-0.2, -0.15) is 5.10 Å². The summed E-state index contributed by atoms with van der Waals surface area (Å²) in [5.41, 5.74) is 2.56. The largest absolute Gasteiger partial charge is 0.351 e. The second kappa shape index (κ2) is 8.59. The van der Waals surface area contributed by atoms with Gasteiger partial charge in [0.05, 0.1) is 22.5 Å². The third-order valence-electron chi connectivity index (χ3n) is 3.87. The average Bonchev–Trinajstić information content (AvgIpc) is 3.29. The Morgan fingerprint density at radius 3 is 2.70 bits per heavy atom. The molecule has 7 nitrogen and oxygen atoms in total. The molecule has 140 valence electrons. The van der Waals surface area contributed by atoms with Crippen molar-refractivity contribution in [3.05, 3.63) is 58.2 Å². The summed E-state index contributed by atoms with van der Waals surface area (Å²) in [5.74, 6) is 0.491. The first-order valence-corrected chi connectivity index (χ1v) is 9.52. The molecule has 0 aromatic carbocycles. The number of amides is 2. The van der Waals surface area contributed by atoms with Crippen LogP contribution in [-0.4, -0.2) is 33.1 Å². The highest BCUT2D eigenvalue weighted by Gasteiger charge is 2.08. The van der Waals surface area contributed by atoms with Crippen LogP contribution in [0.3, 0.4) is 0 Å². The average molecular weight is 383 g/mol. The van der Waals surface area contributed by atoms with E-state index in [1.165, 1.54) is 11.3 Å². The zero-order valence-electron chi connectivity index (χ0n) is 15.2. The van der Waals surface area contributed by atoms with Crippen LogP contribution < -0.4 is 10.6 Å². The summed E-state index contributed by atoms with van der Waals surface area (Å²) in [7, 11) is 0. The van der Waals surface area contributed by atoms with Crippen molar-refractivity contribution >= 4 is 28.8 Å². The fourth-order valence-corrected chi connectivity index (χ4v) is 3.26. The van der Waals surface area contributed by atoms with Gasteiger partial charge in [0.15, 0.2) is 5.82 Å². The van der Waals surface area contributed by atoms with Crippen molar-refractivity contribution in [2.45, 2.75) is 26.7 Å². The molecule has 8 heteroatoms. The van der Waals surface area contributed by atoms with E-state index in [-0.39, 0.29) is 11.8 Å². The fraction of sp³-hybridized carbons (Fsp3) is 0.263. The molecule has 3 heterocycles. The Labute approximate surface area is 161 Å². The number of rotatable bonds is 7. The SMILES string of the molecule is Cc1cc(C)n(-c2ccc(NC(=O)CCCNC(=O)c3cccs3)cn2)n1. The summed E-state index contributed by atoms with van der Waals surface area (Å²) in [6.07, 6.45) is 2.51. The van der Waals surface area contributed by atoms with Crippen molar-refractivity contribution in [1.29, 1.82) is 0 Å². The van der Waals surface area contributed by atoms with Gasteiger partial charge in [0.1, 0.15) is 0 Å². The van der Waals surface area contributed by atoms with Crippen molar-refractivity contribution in [3.8, 4) is 5.82 Å². The zero-order chi connectivity index (χ0) is 19.2. The Hall–Kier alpha value is -3.00. The number of pyridine rings is 1. The van der Waals surface area contributed by atoms with E-state index >= 15 is 0 Å². The third kappa shape index (κ3) is 5.01. The van der Waals surface area contributed by atoms with Crippen molar-refractivity contribution in [3.63, 3.8) is 0 Å². The first-order chi connectivity index (χ1) is 13.0. The Kier molecular flexibility index (Phi) is 5.97. The molecule has 0 saturated heterocycles. The van der Waals surface area contributed by atoms with Gasteiger partial charge in [-0.05, 0) is 49.9 Å². The molecule has 0 radical (unpaired) electrons. The van der Waals surface area contributed by atoms with Gasteiger partial charge in [-0.1, -0.05) is 6.07 Å². The molecular weight excluding hydrogens is 362 g/mol. The summed E-state index contributed by atoms with van der Waals surface area (Å²) < 4.78 is 1.76. The maximum absolute atomic E-state index is 12.0. The lowest BCUT2D eigenvalue weighted by Gasteiger charge is -2.07. The zero-order valence-corrected chi connectivity index (χ0v) is 16.0. The summed E-state index contributed by atoms with van der Waals surface area (Å²) in [6.45, 7) is 4.36. The number of anilines is 1. The molecule has 3 aromatic heterocycles. The van der Waals surface area contributed by atoms with Crippen LogP contribution in [0.15, 0.2) is 41.9 Å². The van der Waals surface area contributed by atoms with E-state index in [4.69, 9.17) is 0 Å². The number of hydrogen-bond donors (Lipinski definition) is 2. The fourth-order valence-electron chi connectivity index (χ4n) is 2.62. The lowest BCUT2D eigenvalue weighted by atomic mass is 10.2. The predicted octanol–water partition coefficient (Wildman–Crippen LogP) is 3.09. The van der Waals surface area contributed by atoms with Crippen LogP contribution in [0.25, 0.3) is 5.82 Å². The van der Waals surface area contributed by atoms with Crippen LogP contribution in [-0.2, 0) is 4.79 Å². The molecule has 0 unspecified atom stereocenters. The molecule has 0 atom stereocenters. The van der Waals surface area contributed by atoms with E-state index in [1.807, 2.05) is 37.4 Å². The molecule has 0 bridgehead atoms. The quantitative estimate of drug-likeness (QED) is 0.614. The van der Waals surface area contributed by atoms with Crippen LogP contribution in [0.5, 0.6) is 0 Å². The molecule has 0 spiro atoms. The Morgan fingerprint density at radius 1 is 1.22 bits per heavy atom. The summed E-state index contributed by atoms with van der Waals surface area (Å²) in [6, 6.07) is 9.21. The van der Waals surface area contributed by atoms with E-state index in [9.17, 15) is 9.59 Å². The smallest absolute Gasteiger partial charge is 0.261 e. The first-order valence-electron chi connectivity index (χ1n) is 8.64. The van der Waals surface area contributed by atoms with E-state index in [0.717, 1.165) is 11.4 Å². The summed E-state index contributed by atoms with van der Waals surface area (Å²) in [5, 5.41) is 11.9. The lowest BCUT2D eigenvalue weighted by molar-refractivity contribution is -0.116. The minimum atomic E-state index is -0.110. The highest BCUT2D eigenvalue weighted by Crippen LogP contribution is 2.13. The second-order valence-electron chi connectivity index (χ2n) is 6.13. The number of aromatic nitrogens is 3. The molecule has 0 aliphatic carbocycles. The van der Waals surface area contributed by atoms with Gasteiger partial charge < -0.3 is 10.6 Å². The highest BCUT2D eigenvalue weighted by molar-refractivity contribution is 7.12. The number of carbonyl (C=O) groups is 2. The number of hydrogen-bond acceptors (Lipinski definition) is 5. The number of thiophene rings is 1. The van der Waals surface area contributed by atoms with E-state index in [2.05, 4.69) is 20.7 Å². The normalized spacial score (nSPS) is 10.6. The first kappa shape index (κ1) is 18.8. The van der Waals surface area contributed by atoms with Crippen LogP contribution in [0.1, 0.15) is 33.9 Å². The molecule has 0 saturated carbocycles. The van der Waals surface area contributed by atoms with Gasteiger partial charge in [-0.15, -0.1) is 11.3 Å². The molecular formula is C19H21N5O2S. The molecule has 3 rings (SSSR count). The molecule has 0 aliphatic rings. The molecule has 27 heavy (non-hydrogen) atoms. The number of nitrogens with one attached hydrogen (secondary N) is 2. The van der Waals surface area contributed by atoms with E-state index < -0.39 is 0 Å². The maximum Gasteiger partial charge on any atom is 0.261 e. The summed E-state index contributed by atoms with van der Waals surface area (Å²) >= 11 is 1.39. The van der Waals surface area contributed by atoms with Crippen LogP contribution in [0.2, 0.25) is 0 Å². The van der Waals surface area contributed by atoms with Crippen molar-refractivity contribution in [1.82, 2.24) is 20.1 Å². The van der Waals surface area contributed by atoms with Gasteiger partial charge >= 0.3 is 0 Å². The molecule has 2 N–H and O–H groups in total. The minimum Gasteiger partial charge on any atom is -0.351 e. The van der Waals surface area contributed by atoms with Gasteiger partial charge in [-0.25, -0.2) is 9.67 Å². The molecule has 3 aromatic rings.